The van der Waals surface area contributed by atoms with Gasteiger partial charge in [0, 0.05) is 27.7 Å². The number of para-hydroxylation sites is 3. The fraction of sp³-hybridized carbons (Fsp3) is 0.0833. The number of H-pyrrole nitrogens is 1. The van der Waals surface area contributed by atoms with E-state index in [0.29, 0.717) is 39.1 Å². The summed E-state index contributed by atoms with van der Waals surface area (Å²) in [6, 6.07) is 21.7. The Bertz CT molecular complexity index is 1460. The molecule has 1 aromatic heterocycles. The molecule has 0 amide bonds. The molecule has 3 aliphatic rings. The minimum atomic E-state index is -2.01. The molecule has 2 atom stereocenters. The lowest BCUT2D eigenvalue weighted by Gasteiger charge is -2.55. The van der Waals surface area contributed by atoms with E-state index in [1.807, 2.05) is 30.3 Å². The summed E-state index contributed by atoms with van der Waals surface area (Å²) in [6.07, 6.45) is 0. The molecule has 4 heterocycles. The maximum absolute atomic E-state index is 14.0. The van der Waals surface area contributed by atoms with Crippen molar-refractivity contribution in [1.82, 2.24) is 4.98 Å². The van der Waals surface area contributed by atoms with E-state index in [2.05, 4.69) is 10.3 Å². The fourth-order valence-corrected chi connectivity index (χ4v) is 5.41. The van der Waals surface area contributed by atoms with Crippen LogP contribution in [-0.4, -0.2) is 21.7 Å². The maximum atomic E-state index is 14.0. The highest BCUT2D eigenvalue weighted by atomic mass is 16.3. The summed E-state index contributed by atoms with van der Waals surface area (Å²) in [7, 11) is 0. The number of aromatic amines is 1. The van der Waals surface area contributed by atoms with Crippen molar-refractivity contribution in [3.8, 4) is 0 Å². The first-order valence-corrected chi connectivity index (χ1v) is 9.78. The van der Waals surface area contributed by atoms with Crippen LogP contribution in [0.15, 0.2) is 72.8 Å². The number of rotatable bonds is 0. The average molecular weight is 393 g/mol. The molecule has 3 aliphatic heterocycles. The van der Waals surface area contributed by atoms with Gasteiger partial charge in [0.25, 0.3) is 0 Å². The normalized spacial score (nSPS) is 25.4. The summed E-state index contributed by atoms with van der Waals surface area (Å²) in [5.74, 6) is -0.643. The van der Waals surface area contributed by atoms with Crippen molar-refractivity contribution < 1.29 is 14.7 Å². The van der Waals surface area contributed by atoms with E-state index in [0.717, 1.165) is 5.52 Å². The standard InChI is InChI=1S/C24H15N3O3/c28-21-14-8-2-6-12-18(14)27-23(21)20-19(13-7-1-4-10-16(13)25-20)22(29)24(27,30)15-9-3-5-11-17(15)26-23/h1-12,25-26,30H. The molecular weight excluding hydrogens is 378 g/mol. The summed E-state index contributed by atoms with van der Waals surface area (Å²) >= 11 is 0. The van der Waals surface area contributed by atoms with Crippen LogP contribution >= 0.6 is 0 Å². The lowest BCUT2D eigenvalue weighted by Crippen LogP contribution is -2.70. The molecule has 0 saturated carbocycles. The minimum absolute atomic E-state index is 0.202. The quantitative estimate of drug-likeness (QED) is 0.426. The highest BCUT2D eigenvalue weighted by molar-refractivity contribution is 6.26. The van der Waals surface area contributed by atoms with Gasteiger partial charge in [0.05, 0.1) is 16.9 Å². The number of aromatic nitrogens is 1. The average Bonchev–Trinajstić information content (AvgIpc) is 3.28. The number of aliphatic hydroxyl groups is 1. The third kappa shape index (κ3) is 1.45. The van der Waals surface area contributed by atoms with Crippen LogP contribution in [0.25, 0.3) is 10.9 Å². The van der Waals surface area contributed by atoms with E-state index in [9.17, 15) is 14.7 Å². The molecular formula is C24H15N3O3. The van der Waals surface area contributed by atoms with Crippen molar-refractivity contribution in [3.05, 3.63) is 95.2 Å². The Morgan fingerprint density at radius 3 is 2.47 bits per heavy atom. The second-order valence-electron chi connectivity index (χ2n) is 7.98. The molecule has 7 rings (SSSR count). The van der Waals surface area contributed by atoms with E-state index in [1.165, 1.54) is 0 Å². The third-order valence-corrected chi connectivity index (χ3v) is 6.61. The number of carbonyl (C=O) groups is 2. The smallest absolute Gasteiger partial charge is 0.234 e. The van der Waals surface area contributed by atoms with Crippen molar-refractivity contribution in [2.45, 2.75) is 11.4 Å². The Labute approximate surface area is 170 Å². The molecule has 2 unspecified atom stereocenters. The molecule has 0 aliphatic carbocycles. The van der Waals surface area contributed by atoms with Crippen molar-refractivity contribution >= 4 is 33.8 Å². The summed E-state index contributed by atoms with van der Waals surface area (Å²) in [5.41, 5.74) is 0.121. The fourth-order valence-electron chi connectivity index (χ4n) is 5.41. The molecule has 3 aromatic carbocycles. The van der Waals surface area contributed by atoms with Gasteiger partial charge in [-0.1, -0.05) is 48.5 Å². The van der Waals surface area contributed by atoms with Gasteiger partial charge >= 0.3 is 0 Å². The van der Waals surface area contributed by atoms with E-state index in [-0.39, 0.29) is 5.78 Å². The van der Waals surface area contributed by atoms with Crippen molar-refractivity contribution in [2.75, 3.05) is 10.2 Å². The van der Waals surface area contributed by atoms with Crippen LogP contribution in [0.3, 0.4) is 0 Å². The predicted octanol–water partition coefficient (Wildman–Crippen LogP) is 3.49. The lowest BCUT2D eigenvalue weighted by molar-refractivity contribution is 0.0105. The number of hydrogen-bond donors (Lipinski definition) is 3. The van der Waals surface area contributed by atoms with E-state index < -0.39 is 17.2 Å². The maximum Gasteiger partial charge on any atom is 0.234 e. The van der Waals surface area contributed by atoms with Crippen LogP contribution in [0.5, 0.6) is 0 Å². The molecule has 3 N–H and O–H groups in total. The number of fused-ring (bicyclic) bond motifs is 6. The first-order chi connectivity index (χ1) is 14.6. The Balaban J connectivity index is 1.71. The Morgan fingerprint density at radius 2 is 1.57 bits per heavy atom. The number of anilines is 2. The number of nitrogens with zero attached hydrogens (tertiary/aromatic N) is 1. The van der Waals surface area contributed by atoms with Crippen molar-refractivity contribution in [3.63, 3.8) is 0 Å². The molecule has 0 fully saturated rings. The topological polar surface area (TPSA) is 85.4 Å². The lowest BCUT2D eigenvalue weighted by atomic mass is 9.77. The minimum Gasteiger partial charge on any atom is -0.360 e. The number of hydrogen-bond acceptors (Lipinski definition) is 5. The molecule has 4 aromatic rings. The molecule has 6 heteroatoms. The van der Waals surface area contributed by atoms with Crippen LogP contribution in [-0.2, 0) is 11.4 Å². The SMILES string of the molecule is O=C1c2c([nH]c3ccccc23)C23Nc4ccccc4C1(O)N2c1ccccc1C3=O. The highest BCUT2D eigenvalue weighted by Crippen LogP contribution is 2.59. The van der Waals surface area contributed by atoms with Gasteiger partial charge in [-0.05, 0) is 24.3 Å². The number of benzene rings is 3. The monoisotopic (exact) mass is 393 g/mol. The van der Waals surface area contributed by atoms with E-state index in [1.54, 1.807) is 47.4 Å². The summed E-state index contributed by atoms with van der Waals surface area (Å²) in [5, 5.41) is 16.2. The largest absolute Gasteiger partial charge is 0.360 e. The zero-order valence-electron chi connectivity index (χ0n) is 15.6. The first-order valence-electron chi connectivity index (χ1n) is 9.78. The molecule has 30 heavy (non-hydrogen) atoms. The Hall–Kier alpha value is -3.90. The Kier molecular flexibility index (Phi) is 2.55. The van der Waals surface area contributed by atoms with Gasteiger partial charge in [-0.2, -0.15) is 0 Å². The molecule has 6 nitrogen and oxygen atoms in total. The number of Topliss-reactive ketones (excluding diaryl/α,β-unsaturated/α-hetero) is 2. The van der Waals surface area contributed by atoms with Crippen LogP contribution < -0.4 is 10.2 Å². The predicted molar refractivity (Wildman–Crippen MR) is 112 cm³/mol. The second-order valence-corrected chi connectivity index (χ2v) is 7.98. The number of carbonyl (C=O) groups excluding carboxylic acids is 2. The van der Waals surface area contributed by atoms with Crippen LogP contribution in [0.1, 0.15) is 32.0 Å². The molecule has 0 saturated heterocycles. The summed E-state index contributed by atoms with van der Waals surface area (Å²) in [4.78, 5) is 32.8. The van der Waals surface area contributed by atoms with Crippen molar-refractivity contribution in [2.24, 2.45) is 0 Å². The second kappa shape index (κ2) is 4.80. The van der Waals surface area contributed by atoms with Gasteiger partial charge in [0.1, 0.15) is 0 Å². The van der Waals surface area contributed by atoms with Gasteiger partial charge in [0.15, 0.2) is 0 Å². The number of ketones is 2. The molecule has 2 bridgehead atoms. The van der Waals surface area contributed by atoms with Gasteiger partial charge < -0.3 is 15.4 Å². The van der Waals surface area contributed by atoms with E-state index in [4.69, 9.17) is 0 Å². The summed E-state index contributed by atoms with van der Waals surface area (Å²) in [6.45, 7) is 0. The Morgan fingerprint density at radius 1 is 0.833 bits per heavy atom. The van der Waals surface area contributed by atoms with Crippen LogP contribution in [0.4, 0.5) is 11.4 Å². The molecule has 0 radical (unpaired) electrons. The highest BCUT2D eigenvalue weighted by Gasteiger charge is 2.70. The van der Waals surface area contributed by atoms with Crippen molar-refractivity contribution in [1.29, 1.82) is 0 Å². The third-order valence-electron chi connectivity index (χ3n) is 6.61. The first kappa shape index (κ1) is 16.0. The van der Waals surface area contributed by atoms with Crippen LogP contribution in [0.2, 0.25) is 0 Å². The summed E-state index contributed by atoms with van der Waals surface area (Å²) < 4.78 is 0. The van der Waals surface area contributed by atoms with E-state index >= 15 is 0 Å². The zero-order valence-corrected chi connectivity index (χ0v) is 15.6. The zero-order chi connectivity index (χ0) is 20.3. The van der Waals surface area contributed by atoms with Gasteiger partial charge in [-0.3, -0.25) is 14.5 Å². The van der Waals surface area contributed by atoms with Crippen LogP contribution in [0, 0.1) is 0 Å². The van der Waals surface area contributed by atoms with Gasteiger partial charge in [-0.15, -0.1) is 0 Å². The van der Waals surface area contributed by atoms with Gasteiger partial charge in [-0.25, -0.2) is 0 Å². The number of nitrogens with one attached hydrogen (secondary N) is 2. The molecule has 0 spiro atoms. The van der Waals surface area contributed by atoms with Gasteiger partial charge in [0.2, 0.25) is 23.0 Å². The molecule has 144 valence electrons.